The summed E-state index contributed by atoms with van der Waals surface area (Å²) in [5.41, 5.74) is 1.67. The summed E-state index contributed by atoms with van der Waals surface area (Å²) in [6.07, 6.45) is 1.16. The first-order valence-corrected chi connectivity index (χ1v) is 7.50. The van der Waals surface area contributed by atoms with Crippen molar-refractivity contribution in [2.45, 2.75) is 45.3 Å². The maximum Gasteiger partial charge on any atom is 0.145 e. The Balaban J connectivity index is 3.41. The van der Waals surface area contributed by atoms with Gasteiger partial charge >= 0.3 is 0 Å². The molecular formula is C14H21BrF2N2O. The lowest BCUT2D eigenvalue weighted by molar-refractivity contribution is -0.0748. The van der Waals surface area contributed by atoms with Gasteiger partial charge in [-0.15, -0.1) is 0 Å². The number of benzene rings is 1. The smallest absolute Gasteiger partial charge is 0.145 e. The molecule has 0 heterocycles. The summed E-state index contributed by atoms with van der Waals surface area (Å²) in [6.45, 7) is 6.12. The molecule has 0 saturated heterocycles. The van der Waals surface area contributed by atoms with Crippen LogP contribution in [0, 0.1) is 11.6 Å². The summed E-state index contributed by atoms with van der Waals surface area (Å²) < 4.78 is 34.4. The zero-order valence-electron chi connectivity index (χ0n) is 12.0. The molecule has 1 aromatic rings. The van der Waals surface area contributed by atoms with Gasteiger partial charge in [0.1, 0.15) is 11.6 Å². The fourth-order valence-corrected chi connectivity index (χ4v) is 2.88. The number of nitrogens with two attached hydrogens (primary N) is 1. The van der Waals surface area contributed by atoms with Crippen molar-refractivity contribution in [3.63, 3.8) is 0 Å². The molecule has 0 fully saturated rings. The Morgan fingerprint density at radius 2 is 1.90 bits per heavy atom. The van der Waals surface area contributed by atoms with Crippen LogP contribution in [0.2, 0.25) is 0 Å². The quantitative estimate of drug-likeness (QED) is 0.446. The summed E-state index contributed by atoms with van der Waals surface area (Å²) in [5, 5.41) is 0. The van der Waals surface area contributed by atoms with Crippen molar-refractivity contribution in [1.29, 1.82) is 0 Å². The average Bonchev–Trinajstić information content (AvgIpc) is 2.46. The summed E-state index contributed by atoms with van der Waals surface area (Å²) in [4.78, 5) is 0. The van der Waals surface area contributed by atoms with Crippen LogP contribution in [-0.4, -0.2) is 12.2 Å². The molecule has 20 heavy (non-hydrogen) atoms. The molecule has 0 aliphatic carbocycles. The van der Waals surface area contributed by atoms with Gasteiger partial charge in [0.25, 0.3) is 0 Å². The second-order valence-corrected chi connectivity index (χ2v) is 5.42. The lowest BCUT2D eigenvalue weighted by atomic mass is 9.83. The average molecular weight is 351 g/mol. The monoisotopic (exact) mass is 350 g/mol. The Kier molecular flexibility index (Phi) is 6.51. The van der Waals surface area contributed by atoms with Crippen LogP contribution in [0.5, 0.6) is 0 Å². The highest BCUT2D eigenvalue weighted by molar-refractivity contribution is 9.10. The van der Waals surface area contributed by atoms with Crippen LogP contribution in [-0.2, 0) is 4.74 Å². The normalized spacial score (nSPS) is 13.6. The number of rotatable bonds is 7. The molecule has 6 heteroatoms. The van der Waals surface area contributed by atoms with Crippen LogP contribution in [0.15, 0.2) is 16.6 Å². The van der Waals surface area contributed by atoms with Gasteiger partial charge in [-0.1, -0.05) is 13.8 Å². The minimum absolute atomic E-state index is 0.0981. The SMILES string of the molecule is CCOC(CC)(CC)C(NN)c1c(F)ccc(Br)c1F. The molecule has 3 nitrogen and oxygen atoms in total. The lowest BCUT2D eigenvalue weighted by Gasteiger charge is -2.39. The van der Waals surface area contributed by atoms with Gasteiger partial charge < -0.3 is 4.74 Å². The number of halogens is 3. The fraction of sp³-hybridized carbons (Fsp3) is 0.571. The van der Waals surface area contributed by atoms with Gasteiger partial charge in [0.15, 0.2) is 0 Å². The number of hydrazine groups is 1. The van der Waals surface area contributed by atoms with Crippen molar-refractivity contribution in [2.24, 2.45) is 5.84 Å². The van der Waals surface area contributed by atoms with Crippen LogP contribution in [0.4, 0.5) is 8.78 Å². The van der Waals surface area contributed by atoms with Gasteiger partial charge in [0.05, 0.1) is 16.1 Å². The zero-order valence-corrected chi connectivity index (χ0v) is 13.6. The topological polar surface area (TPSA) is 47.3 Å². The molecule has 0 aliphatic rings. The van der Waals surface area contributed by atoms with Crippen molar-refractivity contribution >= 4 is 15.9 Å². The summed E-state index contributed by atoms with van der Waals surface area (Å²) >= 11 is 3.08. The van der Waals surface area contributed by atoms with E-state index in [2.05, 4.69) is 21.4 Å². The highest BCUT2D eigenvalue weighted by atomic mass is 79.9. The Hall–Kier alpha value is -0.560. The summed E-state index contributed by atoms with van der Waals surface area (Å²) in [6, 6.07) is 1.78. The van der Waals surface area contributed by atoms with E-state index >= 15 is 0 Å². The fourth-order valence-electron chi connectivity index (χ4n) is 2.54. The third-order valence-corrected chi connectivity index (χ3v) is 4.30. The number of ether oxygens (including phenoxy) is 1. The van der Waals surface area contributed by atoms with E-state index in [-0.39, 0.29) is 10.0 Å². The van der Waals surface area contributed by atoms with E-state index in [1.807, 2.05) is 20.8 Å². The molecular weight excluding hydrogens is 330 g/mol. The number of hydrogen-bond donors (Lipinski definition) is 2. The molecule has 1 rings (SSSR count). The van der Waals surface area contributed by atoms with Crippen molar-refractivity contribution in [2.75, 3.05) is 6.61 Å². The van der Waals surface area contributed by atoms with E-state index in [1.165, 1.54) is 12.1 Å². The Morgan fingerprint density at radius 1 is 1.30 bits per heavy atom. The first-order chi connectivity index (χ1) is 9.47. The standard InChI is InChI=1S/C14H21BrF2N2O/c1-4-14(5-2,20-6-3)13(19-18)11-10(16)8-7-9(15)12(11)17/h7-8,13,19H,4-6,18H2,1-3H3. The lowest BCUT2D eigenvalue weighted by Crippen LogP contribution is -2.48. The molecule has 0 saturated carbocycles. The molecule has 0 spiro atoms. The second kappa shape index (κ2) is 7.45. The van der Waals surface area contributed by atoms with E-state index in [9.17, 15) is 8.78 Å². The molecule has 0 aromatic heterocycles. The van der Waals surface area contributed by atoms with Crippen molar-refractivity contribution in [3.05, 3.63) is 33.8 Å². The molecule has 0 amide bonds. The first kappa shape index (κ1) is 17.5. The highest BCUT2D eigenvalue weighted by Crippen LogP contribution is 2.38. The van der Waals surface area contributed by atoms with Crippen LogP contribution >= 0.6 is 15.9 Å². The maximum absolute atomic E-state index is 14.3. The Morgan fingerprint density at radius 3 is 2.35 bits per heavy atom. The van der Waals surface area contributed by atoms with Crippen LogP contribution < -0.4 is 11.3 Å². The summed E-state index contributed by atoms with van der Waals surface area (Å²) in [7, 11) is 0. The molecule has 0 radical (unpaired) electrons. The third kappa shape index (κ3) is 3.19. The molecule has 1 unspecified atom stereocenters. The van der Waals surface area contributed by atoms with Gasteiger partial charge in [-0.3, -0.25) is 5.84 Å². The minimum Gasteiger partial charge on any atom is -0.373 e. The van der Waals surface area contributed by atoms with E-state index in [4.69, 9.17) is 10.6 Å². The molecule has 1 aromatic carbocycles. The zero-order chi connectivity index (χ0) is 15.3. The molecule has 0 aliphatic heterocycles. The third-order valence-electron chi connectivity index (χ3n) is 3.69. The van der Waals surface area contributed by atoms with E-state index in [1.54, 1.807) is 0 Å². The van der Waals surface area contributed by atoms with Crippen LogP contribution in [0.25, 0.3) is 0 Å². The number of hydrogen-bond acceptors (Lipinski definition) is 3. The minimum atomic E-state index is -0.769. The predicted molar refractivity (Wildman–Crippen MR) is 79.1 cm³/mol. The van der Waals surface area contributed by atoms with Gasteiger partial charge in [-0.25, -0.2) is 14.2 Å². The molecule has 0 bridgehead atoms. The summed E-state index contributed by atoms with van der Waals surface area (Å²) in [5.74, 6) is 4.29. The maximum atomic E-state index is 14.3. The predicted octanol–water partition coefficient (Wildman–Crippen LogP) is 3.83. The first-order valence-electron chi connectivity index (χ1n) is 6.70. The van der Waals surface area contributed by atoms with Crippen molar-refractivity contribution in [3.8, 4) is 0 Å². The largest absolute Gasteiger partial charge is 0.373 e. The molecule has 1 atom stereocenters. The Bertz CT molecular complexity index is 453. The number of nitrogens with one attached hydrogen (secondary N) is 1. The molecule has 114 valence electrons. The van der Waals surface area contributed by atoms with Crippen LogP contribution in [0.1, 0.15) is 45.2 Å². The van der Waals surface area contributed by atoms with Crippen molar-refractivity contribution in [1.82, 2.24) is 5.43 Å². The van der Waals surface area contributed by atoms with Gasteiger partial charge in [0.2, 0.25) is 0 Å². The van der Waals surface area contributed by atoms with E-state index in [0.29, 0.717) is 19.4 Å². The van der Waals surface area contributed by atoms with Gasteiger partial charge in [-0.2, -0.15) is 0 Å². The second-order valence-electron chi connectivity index (χ2n) is 4.56. The highest BCUT2D eigenvalue weighted by Gasteiger charge is 2.40. The van der Waals surface area contributed by atoms with Crippen molar-refractivity contribution < 1.29 is 13.5 Å². The van der Waals surface area contributed by atoms with E-state index < -0.39 is 23.3 Å². The Labute approximate surface area is 127 Å². The van der Waals surface area contributed by atoms with Gasteiger partial charge in [0, 0.05) is 12.2 Å². The van der Waals surface area contributed by atoms with E-state index in [0.717, 1.165) is 0 Å². The van der Waals surface area contributed by atoms with Gasteiger partial charge in [-0.05, 0) is 47.8 Å². The molecule has 3 N–H and O–H groups in total. The van der Waals surface area contributed by atoms with Crippen LogP contribution in [0.3, 0.4) is 0 Å².